The van der Waals surface area contributed by atoms with Crippen molar-refractivity contribution in [2.24, 2.45) is 0 Å². The molecule has 25 heavy (non-hydrogen) atoms. The van der Waals surface area contributed by atoms with Crippen LogP contribution in [0.3, 0.4) is 0 Å². The van der Waals surface area contributed by atoms with Gasteiger partial charge < -0.3 is 20.3 Å². The van der Waals surface area contributed by atoms with Crippen LogP contribution in [0.25, 0.3) is 0 Å². The van der Waals surface area contributed by atoms with Gasteiger partial charge in [0.2, 0.25) is 0 Å². The van der Waals surface area contributed by atoms with Crippen molar-refractivity contribution in [1.82, 2.24) is 5.32 Å². The topological polar surface area (TPSA) is 95.9 Å². The van der Waals surface area contributed by atoms with E-state index in [1.54, 1.807) is 24.3 Å². The number of carbonyl (C=O) groups is 2. The Morgan fingerprint density at radius 2 is 1.60 bits per heavy atom. The third-order valence-electron chi connectivity index (χ3n) is 3.73. The predicted octanol–water partition coefficient (Wildman–Crippen LogP) is 2.39. The van der Waals surface area contributed by atoms with E-state index in [0.29, 0.717) is 5.75 Å². The Morgan fingerprint density at radius 3 is 2.12 bits per heavy atom. The highest BCUT2D eigenvalue weighted by Gasteiger charge is 2.25. The number of carbonyl (C=O) groups excluding carboxylic acids is 1. The standard InChI is InChI=1S/C19H21NO5/c1-12(21)17(19(23)24)20-18(22)15-8-10-16(11-9-15)25-13(2)14-6-4-3-5-7-14/h3-13,17,21H,1-2H3,(H,20,22)(H,23,24)/t12-,13?,17-/m0/s1. The van der Waals surface area contributed by atoms with Gasteiger partial charge in [-0.2, -0.15) is 0 Å². The number of aliphatic carboxylic acids is 1. The summed E-state index contributed by atoms with van der Waals surface area (Å²) < 4.78 is 5.83. The summed E-state index contributed by atoms with van der Waals surface area (Å²) in [5.74, 6) is -1.27. The summed E-state index contributed by atoms with van der Waals surface area (Å²) in [6, 6.07) is 14.8. The van der Waals surface area contributed by atoms with Crippen molar-refractivity contribution in [3.63, 3.8) is 0 Å². The second kappa shape index (κ2) is 8.30. The molecule has 0 saturated heterocycles. The van der Waals surface area contributed by atoms with E-state index >= 15 is 0 Å². The number of hydrogen-bond donors (Lipinski definition) is 3. The van der Waals surface area contributed by atoms with Crippen molar-refractivity contribution in [2.45, 2.75) is 32.1 Å². The van der Waals surface area contributed by atoms with Crippen LogP contribution in [0.4, 0.5) is 0 Å². The van der Waals surface area contributed by atoms with Crippen LogP contribution >= 0.6 is 0 Å². The van der Waals surface area contributed by atoms with Gasteiger partial charge in [-0.25, -0.2) is 4.79 Å². The first-order chi connectivity index (χ1) is 11.9. The van der Waals surface area contributed by atoms with Gasteiger partial charge in [-0.05, 0) is 43.7 Å². The summed E-state index contributed by atoms with van der Waals surface area (Å²) in [6.45, 7) is 3.23. The van der Waals surface area contributed by atoms with Crippen molar-refractivity contribution in [3.8, 4) is 5.75 Å². The maximum absolute atomic E-state index is 12.1. The fourth-order valence-electron chi connectivity index (χ4n) is 2.29. The molecule has 3 N–H and O–H groups in total. The molecule has 0 spiro atoms. The molecule has 132 valence electrons. The third-order valence-corrected chi connectivity index (χ3v) is 3.73. The van der Waals surface area contributed by atoms with Gasteiger partial charge in [0, 0.05) is 5.56 Å². The van der Waals surface area contributed by atoms with Crippen molar-refractivity contribution in [1.29, 1.82) is 0 Å². The molecule has 0 bridgehead atoms. The lowest BCUT2D eigenvalue weighted by Crippen LogP contribution is -2.47. The zero-order valence-corrected chi connectivity index (χ0v) is 14.0. The highest BCUT2D eigenvalue weighted by Crippen LogP contribution is 2.21. The fourth-order valence-corrected chi connectivity index (χ4v) is 2.29. The van der Waals surface area contributed by atoms with E-state index in [9.17, 15) is 14.7 Å². The van der Waals surface area contributed by atoms with Crippen LogP contribution in [0.1, 0.15) is 35.9 Å². The van der Waals surface area contributed by atoms with Crippen molar-refractivity contribution in [3.05, 3.63) is 65.7 Å². The van der Waals surface area contributed by atoms with Crippen molar-refractivity contribution < 1.29 is 24.5 Å². The van der Waals surface area contributed by atoms with Gasteiger partial charge in [-0.3, -0.25) is 4.79 Å². The van der Waals surface area contributed by atoms with E-state index < -0.39 is 24.0 Å². The molecule has 3 atom stereocenters. The smallest absolute Gasteiger partial charge is 0.328 e. The number of hydrogen-bond acceptors (Lipinski definition) is 4. The Morgan fingerprint density at radius 1 is 1.00 bits per heavy atom. The lowest BCUT2D eigenvalue weighted by atomic mass is 10.1. The second-order valence-corrected chi connectivity index (χ2v) is 5.73. The van der Waals surface area contributed by atoms with Crippen LogP contribution < -0.4 is 10.1 Å². The minimum Gasteiger partial charge on any atom is -0.486 e. The summed E-state index contributed by atoms with van der Waals surface area (Å²) in [7, 11) is 0. The third kappa shape index (κ3) is 5.06. The van der Waals surface area contributed by atoms with Gasteiger partial charge in [0.1, 0.15) is 11.9 Å². The number of aliphatic hydroxyl groups is 1. The number of aliphatic hydroxyl groups excluding tert-OH is 1. The molecule has 1 amide bonds. The molecule has 1 unspecified atom stereocenters. The molecule has 2 rings (SSSR count). The summed E-state index contributed by atoms with van der Waals surface area (Å²) in [5, 5.41) is 20.7. The highest BCUT2D eigenvalue weighted by molar-refractivity contribution is 5.96. The first kappa shape index (κ1) is 18.5. The molecule has 2 aromatic rings. The first-order valence-electron chi connectivity index (χ1n) is 7.92. The zero-order chi connectivity index (χ0) is 18.4. The maximum Gasteiger partial charge on any atom is 0.328 e. The van der Waals surface area contributed by atoms with E-state index in [1.807, 2.05) is 37.3 Å². The number of carboxylic acid groups (broad SMARTS) is 1. The largest absolute Gasteiger partial charge is 0.486 e. The number of carboxylic acids is 1. The molecule has 0 saturated carbocycles. The molecule has 0 aromatic heterocycles. The van der Waals surface area contributed by atoms with Crippen LogP contribution in [0.15, 0.2) is 54.6 Å². The van der Waals surface area contributed by atoms with Crippen LogP contribution in [-0.4, -0.2) is 34.2 Å². The lowest BCUT2D eigenvalue weighted by molar-refractivity contribution is -0.141. The Kier molecular flexibility index (Phi) is 6.14. The molecule has 0 fully saturated rings. The normalized spacial score (nSPS) is 14.2. The molecular formula is C19H21NO5. The van der Waals surface area contributed by atoms with Crippen LogP contribution in [0, 0.1) is 0 Å². The molecule has 0 aliphatic heterocycles. The van der Waals surface area contributed by atoms with E-state index in [1.165, 1.54) is 6.92 Å². The van der Waals surface area contributed by atoms with Crippen molar-refractivity contribution >= 4 is 11.9 Å². The SMILES string of the molecule is CC(Oc1ccc(C(=O)N[C@H](C(=O)O)[C@H](C)O)cc1)c1ccccc1. The molecule has 0 heterocycles. The van der Waals surface area contributed by atoms with E-state index in [0.717, 1.165) is 5.56 Å². The predicted molar refractivity (Wildman–Crippen MR) is 92.5 cm³/mol. The van der Waals surface area contributed by atoms with Gasteiger partial charge >= 0.3 is 5.97 Å². The van der Waals surface area contributed by atoms with Gasteiger partial charge in [-0.15, -0.1) is 0 Å². The molecule has 0 aliphatic carbocycles. The molecule has 2 aromatic carbocycles. The average Bonchev–Trinajstić information content (AvgIpc) is 2.60. The molecule has 6 heteroatoms. The maximum atomic E-state index is 12.1. The number of nitrogens with one attached hydrogen (secondary N) is 1. The van der Waals surface area contributed by atoms with Crippen LogP contribution in [0.2, 0.25) is 0 Å². The Balaban J connectivity index is 2.01. The summed E-state index contributed by atoms with van der Waals surface area (Å²) >= 11 is 0. The first-order valence-corrected chi connectivity index (χ1v) is 7.92. The van der Waals surface area contributed by atoms with Gasteiger partial charge in [0.25, 0.3) is 5.91 Å². The van der Waals surface area contributed by atoms with Crippen LogP contribution in [-0.2, 0) is 4.79 Å². The summed E-state index contributed by atoms with van der Waals surface area (Å²) in [6.07, 6.45) is -1.34. The molecule has 0 radical (unpaired) electrons. The quantitative estimate of drug-likeness (QED) is 0.717. The fraction of sp³-hybridized carbons (Fsp3) is 0.263. The number of amides is 1. The van der Waals surface area contributed by atoms with Gasteiger partial charge in [-0.1, -0.05) is 30.3 Å². The Labute approximate surface area is 146 Å². The Bertz CT molecular complexity index is 712. The summed E-state index contributed by atoms with van der Waals surface area (Å²) in [5.41, 5.74) is 1.32. The highest BCUT2D eigenvalue weighted by atomic mass is 16.5. The van der Waals surface area contributed by atoms with E-state index in [4.69, 9.17) is 9.84 Å². The zero-order valence-electron chi connectivity index (χ0n) is 14.0. The van der Waals surface area contributed by atoms with Gasteiger partial charge in [0.05, 0.1) is 6.10 Å². The average molecular weight is 343 g/mol. The van der Waals surface area contributed by atoms with E-state index in [-0.39, 0.29) is 11.7 Å². The minimum absolute atomic E-state index is 0.146. The summed E-state index contributed by atoms with van der Waals surface area (Å²) in [4.78, 5) is 23.1. The van der Waals surface area contributed by atoms with Gasteiger partial charge in [0.15, 0.2) is 6.04 Å². The number of benzene rings is 2. The Hall–Kier alpha value is -2.86. The molecule has 6 nitrogen and oxygen atoms in total. The second-order valence-electron chi connectivity index (χ2n) is 5.73. The number of ether oxygens (including phenoxy) is 1. The number of rotatable bonds is 7. The monoisotopic (exact) mass is 343 g/mol. The lowest BCUT2D eigenvalue weighted by Gasteiger charge is -2.17. The van der Waals surface area contributed by atoms with E-state index in [2.05, 4.69) is 5.32 Å². The molecule has 0 aliphatic rings. The minimum atomic E-state index is -1.36. The molecular weight excluding hydrogens is 322 g/mol. The van der Waals surface area contributed by atoms with Crippen LogP contribution in [0.5, 0.6) is 5.75 Å². The van der Waals surface area contributed by atoms with Crippen molar-refractivity contribution in [2.75, 3.05) is 0 Å².